The minimum Gasteiger partial charge on any atom is -0.311 e. The average Bonchev–Trinajstić information content (AvgIpc) is 3.24. The molecule has 0 spiro atoms. The van der Waals surface area contributed by atoms with Crippen LogP contribution in [-0.4, -0.2) is 29.8 Å². The van der Waals surface area contributed by atoms with E-state index >= 15 is 0 Å². The Balaban J connectivity index is 1.57. The number of nitrogens with zero attached hydrogens (tertiary/aromatic N) is 3. The molecule has 2 aliphatic rings. The minimum absolute atomic E-state index is 0.00602. The molecule has 2 aromatic rings. The lowest BCUT2D eigenvalue weighted by Gasteiger charge is -2.21. The van der Waals surface area contributed by atoms with E-state index in [1.54, 1.807) is 12.1 Å². The molecule has 2 aliphatic heterocycles. The molecular formula is C19H16FN3O4. The van der Waals surface area contributed by atoms with Crippen molar-refractivity contribution in [1.82, 2.24) is 0 Å². The second-order valence-corrected chi connectivity index (χ2v) is 6.67. The third-order valence-corrected chi connectivity index (χ3v) is 5.06. The lowest BCUT2D eigenvalue weighted by Crippen LogP contribution is -2.36. The van der Waals surface area contributed by atoms with Crippen LogP contribution in [0.2, 0.25) is 0 Å². The van der Waals surface area contributed by atoms with Gasteiger partial charge in [0, 0.05) is 31.6 Å². The largest absolute Gasteiger partial charge is 0.311 e. The van der Waals surface area contributed by atoms with Crippen molar-refractivity contribution in [3.05, 3.63) is 64.0 Å². The van der Waals surface area contributed by atoms with E-state index in [0.29, 0.717) is 18.7 Å². The maximum Gasteiger partial charge on any atom is 0.271 e. The molecule has 0 radical (unpaired) electrons. The molecule has 0 saturated carbocycles. The van der Waals surface area contributed by atoms with Crippen molar-refractivity contribution in [2.24, 2.45) is 5.92 Å². The van der Waals surface area contributed by atoms with Crippen LogP contribution in [-0.2, 0) is 16.0 Å². The third kappa shape index (κ3) is 2.92. The van der Waals surface area contributed by atoms with Crippen LogP contribution in [0.3, 0.4) is 0 Å². The first-order chi connectivity index (χ1) is 13.0. The van der Waals surface area contributed by atoms with E-state index in [1.807, 2.05) is 0 Å². The molecule has 2 amide bonds. The summed E-state index contributed by atoms with van der Waals surface area (Å²) >= 11 is 0. The Morgan fingerprint density at radius 3 is 2.70 bits per heavy atom. The number of nitro benzene ring substituents is 1. The van der Waals surface area contributed by atoms with Gasteiger partial charge in [0.05, 0.1) is 22.2 Å². The fraction of sp³-hybridized carbons (Fsp3) is 0.263. The summed E-state index contributed by atoms with van der Waals surface area (Å²) in [4.78, 5) is 38.7. The van der Waals surface area contributed by atoms with Crippen LogP contribution < -0.4 is 9.80 Å². The van der Waals surface area contributed by atoms with Gasteiger partial charge in [0.1, 0.15) is 5.82 Å². The topological polar surface area (TPSA) is 83.8 Å². The van der Waals surface area contributed by atoms with E-state index in [-0.39, 0.29) is 36.2 Å². The maximum atomic E-state index is 14.0. The summed E-state index contributed by atoms with van der Waals surface area (Å²) in [5, 5.41) is 11.0. The van der Waals surface area contributed by atoms with Crippen LogP contribution in [0.15, 0.2) is 42.5 Å². The van der Waals surface area contributed by atoms with Crippen LogP contribution >= 0.6 is 0 Å². The summed E-state index contributed by atoms with van der Waals surface area (Å²) < 4.78 is 14.0. The number of hydrogen-bond acceptors (Lipinski definition) is 4. The van der Waals surface area contributed by atoms with Gasteiger partial charge in [0.15, 0.2) is 0 Å². The van der Waals surface area contributed by atoms with E-state index in [2.05, 4.69) is 0 Å². The summed E-state index contributed by atoms with van der Waals surface area (Å²) in [6, 6.07) is 10.4. The Bertz CT molecular complexity index is 962. The molecule has 1 atom stereocenters. The van der Waals surface area contributed by atoms with Crippen molar-refractivity contribution in [1.29, 1.82) is 0 Å². The van der Waals surface area contributed by atoms with E-state index in [0.717, 1.165) is 5.56 Å². The first-order valence-electron chi connectivity index (χ1n) is 8.59. The molecule has 0 aliphatic carbocycles. The van der Waals surface area contributed by atoms with E-state index < -0.39 is 16.7 Å². The number of non-ortho nitro benzene ring substituents is 1. The highest BCUT2D eigenvalue weighted by Gasteiger charge is 2.40. The fourth-order valence-electron chi connectivity index (χ4n) is 3.71. The molecule has 7 nitrogen and oxygen atoms in total. The average molecular weight is 369 g/mol. The second-order valence-electron chi connectivity index (χ2n) is 6.67. The molecule has 0 bridgehead atoms. The number of hydrogen-bond donors (Lipinski definition) is 0. The van der Waals surface area contributed by atoms with Gasteiger partial charge in [-0.1, -0.05) is 18.2 Å². The number of carbonyl (C=O) groups is 2. The zero-order valence-electron chi connectivity index (χ0n) is 14.3. The predicted molar refractivity (Wildman–Crippen MR) is 96.0 cm³/mol. The second kappa shape index (κ2) is 6.46. The van der Waals surface area contributed by atoms with Crippen molar-refractivity contribution in [2.45, 2.75) is 12.8 Å². The first-order valence-corrected chi connectivity index (χ1v) is 8.59. The minimum atomic E-state index is -0.609. The summed E-state index contributed by atoms with van der Waals surface area (Å²) in [6.45, 7) is 0.513. The van der Waals surface area contributed by atoms with Gasteiger partial charge in [-0.15, -0.1) is 0 Å². The number of carbonyl (C=O) groups excluding carboxylic acids is 2. The summed E-state index contributed by atoms with van der Waals surface area (Å²) in [6.07, 6.45) is 0.602. The molecule has 138 valence electrons. The third-order valence-electron chi connectivity index (χ3n) is 5.06. The molecule has 1 fully saturated rings. The normalized spacial score (nSPS) is 18.7. The Morgan fingerprint density at radius 1 is 1.19 bits per heavy atom. The number of halogens is 1. The van der Waals surface area contributed by atoms with Crippen LogP contribution in [0.4, 0.5) is 21.5 Å². The summed E-state index contributed by atoms with van der Waals surface area (Å²) in [5.41, 5.74) is 1.47. The van der Waals surface area contributed by atoms with Crippen molar-refractivity contribution < 1.29 is 18.9 Å². The molecule has 0 aromatic heterocycles. The van der Waals surface area contributed by atoms with Crippen molar-refractivity contribution in [2.75, 3.05) is 22.9 Å². The van der Waals surface area contributed by atoms with Crippen molar-refractivity contribution in [3.63, 3.8) is 0 Å². The van der Waals surface area contributed by atoms with Crippen LogP contribution in [0, 0.1) is 21.8 Å². The van der Waals surface area contributed by atoms with Crippen LogP contribution in [0.25, 0.3) is 0 Å². The first kappa shape index (κ1) is 17.1. The van der Waals surface area contributed by atoms with Gasteiger partial charge in [-0.2, -0.15) is 0 Å². The molecule has 0 N–H and O–H groups in total. The van der Waals surface area contributed by atoms with E-state index in [9.17, 15) is 24.1 Å². The number of amides is 2. The maximum absolute atomic E-state index is 14.0. The Hall–Kier alpha value is -3.29. The number of nitro groups is 1. The van der Waals surface area contributed by atoms with Crippen molar-refractivity contribution >= 4 is 28.9 Å². The molecule has 2 aromatic carbocycles. The molecule has 1 unspecified atom stereocenters. The number of fused-ring (bicyclic) bond motifs is 1. The standard InChI is InChI=1S/C19H16FN3O4/c20-15-3-1-2-4-16(15)22-11-13(9-18(22)24)19(25)21-8-7-12-5-6-14(23(26)27)10-17(12)21/h1-6,10,13H,7-9,11H2. The highest BCUT2D eigenvalue weighted by atomic mass is 19.1. The van der Waals surface area contributed by atoms with Crippen LogP contribution in [0.5, 0.6) is 0 Å². The van der Waals surface area contributed by atoms with Gasteiger partial charge >= 0.3 is 0 Å². The Kier molecular flexibility index (Phi) is 4.10. The fourth-order valence-corrected chi connectivity index (χ4v) is 3.71. The van der Waals surface area contributed by atoms with E-state index in [1.165, 1.54) is 40.1 Å². The summed E-state index contributed by atoms with van der Waals surface area (Å²) in [7, 11) is 0. The zero-order chi connectivity index (χ0) is 19.1. The van der Waals surface area contributed by atoms with Gasteiger partial charge in [-0.05, 0) is 24.1 Å². The van der Waals surface area contributed by atoms with E-state index in [4.69, 9.17) is 0 Å². The lowest BCUT2D eigenvalue weighted by molar-refractivity contribution is -0.384. The molecular weight excluding hydrogens is 353 g/mol. The number of para-hydroxylation sites is 1. The van der Waals surface area contributed by atoms with Gasteiger partial charge in [0.25, 0.3) is 5.69 Å². The monoisotopic (exact) mass is 369 g/mol. The number of rotatable bonds is 3. The molecule has 1 saturated heterocycles. The highest BCUT2D eigenvalue weighted by Crippen LogP contribution is 2.35. The van der Waals surface area contributed by atoms with Crippen molar-refractivity contribution in [3.8, 4) is 0 Å². The van der Waals surface area contributed by atoms with Gasteiger partial charge < -0.3 is 9.80 Å². The Labute approximate surface area is 154 Å². The SMILES string of the molecule is O=C1CC(C(=O)N2CCc3ccc([N+](=O)[O-])cc32)CN1c1ccccc1F. The van der Waals surface area contributed by atoms with Gasteiger partial charge in [0.2, 0.25) is 11.8 Å². The van der Waals surface area contributed by atoms with Crippen LogP contribution in [0.1, 0.15) is 12.0 Å². The molecule has 4 rings (SSSR count). The lowest BCUT2D eigenvalue weighted by atomic mass is 10.1. The van der Waals surface area contributed by atoms with Gasteiger partial charge in [-0.25, -0.2) is 4.39 Å². The number of anilines is 2. The summed E-state index contributed by atoms with van der Waals surface area (Å²) in [5.74, 6) is -1.69. The van der Waals surface area contributed by atoms with Gasteiger partial charge in [-0.3, -0.25) is 19.7 Å². The molecule has 8 heteroatoms. The highest BCUT2D eigenvalue weighted by molar-refractivity contribution is 6.05. The smallest absolute Gasteiger partial charge is 0.271 e. The molecule has 2 heterocycles. The quantitative estimate of drug-likeness (QED) is 0.615. The molecule has 27 heavy (non-hydrogen) atoms. The predicted octanol–water partition coefficient (Wildman–Crippen LogP) is 2.68. The Morgan fingerprint density at radius 2 is 1.96 bits per heavy atom. The zero-order valence-corrected chi connectivity index (χ0v) is 14.3. The number of benzene rings is 2.